The fourth-order valence-electron chi connectivity index (χ4n) is 3.81. The van der Waals surface area contributed by atoms with Crippen LogP contribution in [0.25, 0.3) is 0 Å². The van der Waals surface area contributed by atoms with Crippen molar-refractivity contribution in [2.75, 3.05) is 13.2 Å². The smallest absolute Gasteiger partial charge is 0.339 e. The molecular formula is C25H28N2O8S. The monoisotopic (exact) mass is 516 g/mol. The van der Waals surface area contributed by atoms with Crippen molar-refractivity contribution >= 4 is 28.1 Å². The van der Waals surface area contributed by atoms with Crippen LogP contribution in [0.3, 0.4) is 0 Å². The lowest BCUT2D eigenvalue weighted by Gasteiger charge is -2.35. The van der Waals surface area contributed by atoms with Crippen molar-refractivity contribution < 1.29 is 36.8 Å². The summed E-state index contributed by atoms with van der Waals surface area (Å²) in [5.74, 6) is -1.75. The Morgan fingerprint density at radius 3 is 2.39 bits per heavy atom. The number of amides is 2. The number of urea groups is 1. The standard InChI is InChI=1S/C25H28N2O8S/c1-4-34-24(30)22-17(3)27(15-7-10-21(28)29)25(31)26-23(22)19-8-5-6-9-20(19)35-36(32,33)18-13-11-16(2)12-14-18/h5-6,8-9,11-14,23H,4,7,10,15H2,1-3H3,(H,26,31)(H,28,29). The lowest BCUT2D eigenvalue weighted by atomic mass is 9.94. The minimum atomic E-state index is -4.21. The van der Waals surface area contributed by atoms with Gasteiger partial charge in [0.1, 0.15) is 10.6 Å². The number of esters is 1. The van der Waals surface area contributed by atoms with Gasteiger partial charge in [-0.1, -0.05) is 35.9 Å². The van der Waals surface area contributed by atoms with Gasteiger partial charge in [-0.3, -0.25) is 9.69 Å². The highest BCUT2D eigenvalue weighted by Crippen LogP contribution is 2.37. The lowest BCUT2D eigenvalue weighted by molar-refractivity contribution is -0.139. The molecule has 2 aromatic rings. The minimum Gasteiger partial charge on any atom is -0.481 e. The molecule has 0 saturated carbocycles. The van der Waals surface area contributed by atoms with Crippen molar-refractivity contribution in [2.45, 2.75) is 44.6 Å². The van der Waals surface area contributed by atoms with Crippen molar-refractivity contribution in [1.82, 2.24) is 10.2 Å². The van der Waals surface area contributed by atoms with E-state index in [0.29, 0.717) is 0 Å². The summed E-state index contributed by atoms with van der Waals surface area (Å²) < 4.78 is 36.6. The Kier molecular flexibility index (Phi) is 8.36. The molecule has 0 fully saturated rings. The first kappa shape index (κ1) is 26.7. The van der Waals surface area contributed by atoms with Gasteiger partial charge in [0, 0.05) is 24.2 Å². The third-order valence-electron chi connectivity index (χ3n) is 5.60. The second-order valence-corrected chi connectivity index (χ2v) is 9.69. The van der Waals surface area contributed by atoms with Crippen LogP contribution < -0.4 is 9.50 Å². The van der Waals surface area contributed by atoms with Gasteiger partial charge >= 0.3 is 28.1 Å². The molecule has 1 aliphatic heterocycles. The van der Waals surface area contributed by atoms with E-state index >= 15 is 0 Å². The molecule has 0 bridgehead atoms. The van der Waals surface area contributed by atoms with Gasteiger partial charge in [0.2, 0.25) is 0 Å². The molecule has 11 heteroatoms. The van der Waals surface area contributed by atoms with Crippen molar-refractivity contribution in [3.8, 4) is 5.75 Å². The van der Waals surface area contributed by atoms with Crippen LogP contribution in [0.4, 0.5) is 4.79 Å². The van der Waals surface area contributed by atoms with Gasteiger partial charge in [0.05, 0.1) is 18.2 Å². The van der Waals surface area contributed by atoms with Crippen molar-refractivity contribution in [1.29, 1.82) is 0 Å². The largest absolute Gasteiger partial charge is 0.481 e. The quantitative estimate of drug-likeness (QED) is 0.361. The third kappa shape index (κ3) is 6.03. The summed E-state index contributed by atoms with van der Waals surface area (Å²) in [4.78, 5) is 38.1. The van der Waals surface area contributed by atoms with Crippen LogP contribution in [0.2, 0.25) is 0 Å². The van der Waals surface area contributed by atoms with Crippen molar-refractivity contribution in [2.24, 2.45) is 0 Å². The summed E-state index contributed by atoms with van der Waals surface area (Å²) in [5, 5.41) is 11.6. The van der Waals surface area contributed by atoms with E-state index in [0.717, 1.165) is 5.56 Å². The predicted octanol–water partition coefficient (Wildman–Crippen LogP) is 3.53. The molecule has 3 rings (SSSR count). The van der Waals surface area contributed by atoms with E-state index in [-0.39, 0.29) is 53.5 Å². The average Bonchev–Trinajstić information content (AvgIpc) is 2.81. The molecule has 2 amide bonds. The Labute approximate surface area is 209 Å². The number of benzene rings is 2. The number of carbonyl (C=O) groups is 3. The molecule has 1 unspecified atom stereocenters. The van der Waals surface area contributed by atoms with E-state index in [4.69, 9.17) is 14.0 Å². The van der Waals surface area contributed by atoms with Gasteiger partial charge in [-0.15, -0.1) is 0 Å². The molecule has 0 radical (unpaired) electrons. The topological polar surface area (TPSA) is 139 Å². The van der Waals surface area contributed by atoms with Crippen LogP contribution >= 0.6 is 0 Å². The Bertz CT molecular complexity index is 1290. The van der Waals surface area contributed by atoms with Crippen LogP contribution in [-0.4, -0.2) is 49.5 Å². The van der Waals surface area contributed by atoms with E-state index in [9.17, 15) is 22.8 Å². The first-order chi connectivity index (χ1) is 17.0. The van der Waals surface area contributed by atoms with Crippen molar-refractivity contribution in [3.05, 3.63) is 70.9 Å². The van der Waals surface area contributed by atoms with Gasteiger partial charge in [-0.25, -0.2) is 9.59 Å². The fraction of sp³-hybridized carbons (Fsp3) is 0.320. The molecule has 2 N–H and O–H groups in total. The summed E-state index contributed by atoms with van der Waals surface area (Å²) in [7, 11) is -4.21. The molecule has 1 aliphatic rings. The summed E-state index contributed by atoms with van der Waals surface area (Å²) in [6.45, 7) is 5.18. The number of carbonyl (C=O) groups excluding carboxylic acids is 2. The number of allylic oxidation sites excluding steroid dienone is 1. The first-order valence-electron chi connectivity index (χ1n) is 11.3. The highest BCUT2D eigenvalue weighted by molar-refractivity contribution is 7.87. The summed E-state index contributed by atoms with van der Waals surface area (Å²) >= 11 is 0. The number of carboxylic acids is 1. The maximum atomic E-state index is 13.0. The van der Waals surface area contributed by atoms with Gasteiger partial charge in [-0.2, -0.15) is 8.42 Å². The summed E-state index contributed by atoms with van der Waals surface area (Å²) in [6, 6.07) is 10.7. The molecular weight excluding hydrogens is 488 g/mol. The Morgan fingerprint density at radius 1 is 1.08 bits per heavy atom. The van der Waals surface area contributed by atoms with E-state index in [1.54, 1.807) is 44.2 Å². The summed E-state index contributed by atoms with van der Waals surface area (Å²) in [6.07, 6.45) is 0.0259. The molecule has 0 aromatic heterocycles. The number of nitrogens with zero attached hydrogens (tertiary/aromatic N) is 1. The Morgan fingerprint density at radius 2 is 1.75 bits per heavy atom. The normalized spacial score (nSPS) is 15.9. The number of aryl methyl sites for hydroxylation is 1. The number of ether oxygens (including phenoxy) is 1. The SMILES string of the molecule is CCOC(=O)C1=C(C)N(CCCC(=O)O)C(=O)NC1c1ccccc1OS(=O)(=O)c1ccc(C)cc1. The molecule has 0 saturated heterocycles. The van der Waals surface area contributed by atoms with Gasteiger partial charge in [-0.05, 0) is 45.4 Å². The molecule has 10 nitrogen and oxygen atoms in total. The van der Waals surface area contributed by atoms with Crippen LogP contribution in [0.5, 0.6) is 5.75 Å². The van der Waals surface area contributed by atoms with Crippen LogP contribution in [-0.2, 0) is 24.4 Å². The molecule has 1 atom stereocenters. The molecule has 36 heavy (non-hydrogen) atoms. The maximum Gasteiger partial charge on any atom is 0.339 e. The molecule has 1 heterocycles. The number of hydrogen-bond acceptors (Lipinski definition) is 7. The van der Waals surface area contributed by atoms with E-state index in [2.05, 4.69) is 5.32 Å². The number of nitrogens with one attached hydrogen (secondary N) is 1. The second-order valence-electron chi connectivity index (χ2n) is 8.14. The molecule has 192 valence electrons. The number of hydrogen-bond donors (Lipinski definition) is 2. The zero-order chi connectivity index (χ0) is 26.5. The van der Waals surface area contributed by atoms with Gasteiger partial charge in [0.15, 0.2) is 0 Å². The van der Waals surface area contributed by atoms with E-state index < -0.39 is 34.1 Å². The number of carboxylic acid groups (broad SMARTS) is 1. The molecule has 0 aliphatic carbocycles. The average molecular weight is 517 g/mol. The molecule has 2 aromatic carbocycles. The number of para-hydroxylation sites is 1. The molecule has 0 spiro atoms. The minimum absolute atomic E-state index is 0.0440. The number of aliphatic carboxylic acids is 1. The zero-order valence-electron chi connectivity index (χ0n) is 20.2. The van der Waals surface area contributed by atoms with Crippen LogP contribution in [0.1, 0.15) is 43.9 Å². The summed E-state index contributed by atoms with van der Waals surface area (Å²) in [5.41, 5.74) is 1.50. The number of rotatable bonds is 10. The fourth-order valence-corrected chi connectivity index (χ4v) is 4.77. The van der Waals surface area contributed by atoms with Crippen LogP contribution in [0, 0.1) is 6.92 Å². The van der Waals surface area contributed by atoms with Gasteiger partial charge in [0.25, 0.3) is 0 Å². The first-order valence-corrected chi connectivity index (χ1v) is 12.7. The van der Waals surface area contributed by atoms with E-state index in [1.807, 2.05) is 6.92 Å². The second kappa shape index (κ2) is 11.3. The van der Waals surface area contributed by atoms with E-state index in [1.165, 1.54) is 23.1 Å². The highest BCUT2D eigenvalue weighted by atomic mass is 32.2. The Hall–Kier alpha value is -3.86. The lowest BCUT2D eigenvalue weighted by Crippen LogP contribution is -2.48. The maximum absolute atomic E-state index is 13.0. The third-order valence-corrected chi connectivity index (χ3v) is 6.85. The van der Waals surface area contributed by atoms with Gasteiger partial charge < -0.3 is 19.3 Å². The van der Waals surface area contributed by atoms with Crippen LogP contribution in [0.15, 0.2) is 64.7 Å². The zero-order valence-corrected chi connectivity index (χ0v) is 21.0. The highest BCUT2D eigenvalue weighted by Gasteiger charge is 2.38. The van der Waals surface area contributed by atoms with Crippen molar-refractivity contribution in [3.63, 3.8) is 0 Å². The predicted molar refractivity (Wildman–Crippen MR) is 130 cm³/mol. The Balaban J connectivity index is 2.03.